The highest BCUT2D eigenvalue weighted by molar-refractivity contribution is 5.56. The number of benzene rings is 1. The van der Waals surface area contributed by atoms with Gasteiger partial charge in [0.25, 0.3) is 0 Å². The normalized spacial score (nSPS) is 12.4. The molecule has 0 radical (unpaired) electrons. The van der Waals surface area contributed by atoms with Crippen molar-refractivity contribution in [3.8, 4) is 0 Å². The highest BCUT2D eigenvalue weighted by Gasteiger charge is 2.17. The van der Waals surface area contributed by atoms with E-state index < -0.39 is 0 Å². The van der Waals surface area contributed by atoms with Crippen LogP contribution in [0.4, 0.5) is 5.82 Å². The van der Waals surface area contributed by atoms with E-state index in [1.54, 1.807) is 6.20 Å². The molecule has 0 saturated carbocycles. The third kappa shape index (κ3) is 3.06. The van der Waals surface area contributed by atoms with Crippen LogP contribution in [-0.4, -0.2) is 24.4 Å². The Balaban J connectivity index is 1.76. The minimum atomic E-state index is 0.0610. The van der Waals surface area contributed by atoms with Crippen LogP contribution >= 0.6 is 0 Å². The minimum Gasteiger partial charge on any atom is -0.361 e. The van der Waals surface area contributed by atoms with Crippen molar-refractivity contribution >= 4 is 11.5 Å². The second-order valence-corrected chi connectivity index (χ2v) is 6.56. The van der Waals surface area contributed by atoms with E-state index in [0.29, 0.717) is 0 Å². The van der Waals surface area contributed by atoms with E-state index in [0.717, 1.165) is 35.0 Å². The SMILES string of the molecule is Cc1cc(N[C@H](Cn2cccn2)c2ccccc2)n2nc(C)c(C)c2n1. The fraction of sp³-hybridized carbons (Fsp3) is 0.250. The Morgan fingerprint density at radius 2 is 1.88 bits per heavy atom. The minimum absolute atomic E-state index is 0.0610. The predicted molar refractivity (Wildman–Crippen MR) is 102 cm³/mol. The molecular formula is C20H22N6. The summed E-state index contributed by atoms with van der Waals surface area (Å²) in [6, 6.07) is 14.5. The van der Waals surface area contributed by atoms with E-state index >= 15 is 0 Å². The average Bonchev–Trinajstić information content (AvgIpc) is 3.25. The summed E-state index contributed by atoms with van der Waals surface area (Å²) in [4.78, 5) is 4.66. The molecule has 6 nitrogen and oxygen atoms in total. The summed E-state index contributed by atoms with van der Waals surface area (Å²) >= 11 is 0. The number of nitrogens with zero attached hydrogens (tertiary/aromatic N) is 5. The Bertz CT molecular complexity index is 1020. The van der Waals surface area contributed by atoms with Crippen molar-refractivity contribution in [3.05, 3.63) is 77.4 Å². The van der Waals surface area contributed by atoms with Gasteiger partial charge >= 0.3 is 0 Å². The van der Waals surface area contributed by atoms with E-state index in [1.807, 2.05) is 47.4 Å². The van der Waals surface area contributed by atoms with Gasteiger partial charge < -0.3 is 5.32 Å². The lowest BCUT2D eigenvalue weighted by molar-refractivity contribution is 0.548. The van der Waals surface area contributed by atoms with E-state index in [1.165, 1.54) is 5.56 Å². The van der Waals surface area contributed by atoms with Gasteiger partial charge in [0.2, 0.25) is 0 Å². The smallest absolute Gasteiger partial charge is 0.160 e. The molecule has 132 valence electrons. The Hall–Kier alpha value is -3.15. The number of fused-ring (bicyclic) bond motifs is 1. The molecule has 0 fully saturated rings. The average molecular weight is 346 g/mol. The highest BCUT2D eigenvalue weighted by atomic mass is 15.3. The molecule has 26 heavy (non-hydrogen) atoms. The lowest BCUT2D eigenvalue weighted by Gasteiger charge is -2.21. The maximum atomic E-state index is 4.67. The first-order valence-electron chi connectivity index (χ1n) is 8.74. The van der Waals surface area contributed by atoms with Crippen LogP contribution in [-0.2, 0) is 6.54 Å². The molecule has 0 aliphatic rings. The van der Waals surface area contributed by atoms with Crippen molar-refractivity contribution in [1.82, 2.24) is 24.4 Å². The maximum Gasteiger partial charge on any atom is 0.160 e. The Labute approximate surface area is 152 Å². The number of hydrogen-bond acceptors (Lipinski definition) is 4. The van der Waals surface area contributed by atoms with Crippen molar-refractivity contribution in [2.75, 3.05) is 5.32 Å². The molecule has 0 saturated heterocycles. The topological polar surface area (TPSA) is 60.0 Å². The summed E-state index contributed by atoms with van der Waals surface area (Å²) in [5, 5.41) is 12.7. The zero-order chi connectivity index (χ0) is 18.1. The van der Waals surface area contributed by atoms with Gasteiger partial charge in [0, 0.05) is 29.7 Å². The van der Waals surface area contributed by atoms with E-state index in [2.05, 4.69) is 51.7 Å². The standard InChI is InChI=1S/C20H22N6/c1-14-12-19(26-20(22-14)15(2)16(3)24-26)23-18(13-25-11-7-10-21-25)17-8-5-4-6-9-17/h4-12,18,23H,13H2,1-3H3/t18-/m1/s1. The summed E-state index contributed by atoms with van der Waals surface area (Å²) < 4.78 is 3.84. The monoisotopic (exact) mass is 346 g/mol. The largest absolute Gasteiger partial charge is 0.361 e. The molecule has 6 heteroatoms. The van der Waals surface area contributed by atoms with E-state index in [4.69, 9.17) is 0 Å². The molecule has 0 aliphatic heterocycles. The van der Waals surface area contributed by atoms with Gasteiger partial charge in [-0.15, -0.1) is 0 Å². The fourth-order valence-corrected chi connectivity index (χ4v) is 3.15. The molecule has 3 heterocycles. The predicted octanol–water partition coefficient (Wildman–Crippen LogP) is 3.70. The molecule has 3 aromatic heterocycles. The maximum absolute atomic E-state index is 4.67. The number of anilines is 1. The third-order valence-electron chi connectivity index (χ3n) is 4.64. The summed E-state index contributed by atoms with van der Waals surface area (Å²) in [5.41, 5.74) is 5.17. The molecule has 0 amide bonds. The zero-order valence-electron chi connectivity index (χ0n) is 15.2. The van der Waals surface area contributed by atoms with Crippen LogP contribution < -0.4 is 5.32 Å². The van der Waals surface area contributed by atoms with Crippen LogP contribution in [0.1, 0.15) is 28.6 Å². The van der Waals surface area contributed by atoms with Crippen LogP contribution in [0.25, 0.3) is 5.65 Å². The van der Waals surface area contributed by atoms with E-state index in [9.17, 15) is 0 Å². The van der Waals surface area contributed by atoms with E-state index in [-0.39, 0.29) is 6.04 Å². The van der Waals surface area contributed by atoms with Crippen molar-refractivity contribution in [2.24, 2.45) is 0 Å². The number of aromatic nitrogens is 5. The van der Waals surface area contributed by atoms with Gasteiger partial charge in [-0.25, -0.2) is 4.98 Å². The number of rotatable bonds is 5. The molecule has 1 atom stereocenters. The summed E-state index contributed by atoms with van der Waals surface area (Å²) in [6.45, 7) is 6.81. The summed E-state index contributed by atoms with van der Waals surface area (Å²) in [7, 11) is 0. The van der Waals surface area contributed by atoms with Crippen molar-refractivity contribution < 1.29 is 0 Å². The first-order valence-corrected chi connectivity index (χ1v) is 8.74. The molecule has 4 aromatic rings. The molecule has 0 bridgehead atoms. The zero-order valence-corrected chi connectivity index (χ0v) is 15.2. The van der Waals surface area contributed by atoms with Gasteiger partial charge in [-0.3, -0.25) is 4.68 Å². The number of aryl methyl sites for hydroxylation is 3. The van der Waals surface area contributed by atoms with Gasteiger partial charge in [-0.1, -0.05) is 30.3 Å². The van der Waals surface area contributed by atoms with Crippen molar-refractivity contribution in [3.63, 3.8) is 0 Å². The fourth-order valence-electron chi connectivity index (χ4n) is 3.15. The van der Waals surface area contributed by atoms with Gasteiger partial charge in [0.05, 0.1) is 18.3 Å². The summed E-state index contributed by atoms with van der Waals surface area (Å²) in [5.74, 6) is 0.935. The Morgan fingerprint density at radius 3 is 2.62 bits per heavy atom. The number of nitrogens with one attached hydrogen (secondary N) is 1. The van der Waals surface area contributed by atoms with Crippen LogP contribution in [0.2, 0.25) is 0 Å². The van der Waals surface area contributed by atoms with Gasteiger partial charge in [-0.2, -0.15) is 14.7 Å². The molecule has 1 N–H and O–H groups in total. The lowest BCUT2D eigenvalue weighted by Crippen LogP contribution is -2.20. The molecule has 0 spiro atoms. The lowest BCUT2D eigenvalue weighted by atomic mass is 10.1. The third-order valence-corrected chi connectivity index (χ3v) is 4.64. The second kappa shape index (κ2) is 6.63. The second-order valence-electron chi connectivity index (χ2n) is 6.56. The molecule has 1 aromatic carbocycles. The highest BCUT2D eigenvalue weighted by Crippen LogP contribution is 2.24. The van der Waals surface area contributed by atoms with Gasteiger partial charge in [0.15, 0.2) is 5.65 Å². The van der Waals surface area contributed by atoms with Crippen LogP contribution in [0.15, 0.2) is 54.9 Å². The Morgan fingerprint density at radius 1 is 1.08 bits per heavy atom. The van der Waals surface area contributed by atoms with Crippen LogP contribution in [0.5, 0.6) is 0 Å². The quantitative estimate of drug-likeness (QED) is 0.598. The van der Waals surface area contributed by atoms with Gasteiger partial charge in [0.1, 0.15) is 5.82 Å². The first-order chi connectivity index (χ1) is 12.6. The molecule has 4 rings (SSSR count). The number of hydrogen-bond donors (Lipinski definition) is 1. The Kier molecular flexibility index (Phi) is 4.16. The van der Waals surface area contributed by atoms with Crippen molar-refractivity contribution in [2.45, 2.75) is 33.4 Å². The molecule has 0 aliphatic carbocycles. The first kappa shape index (κ1) is 16.3. The van der Waals surface area contributed by atoms with Crippen LogP contribution in [0.3, 0.4) is 0 Å². The van der Waals surface area contributed by atoms with Crippen molar-refractivity contribution in [1.29, 1.82) is 0 Å². The van der Waals surface area contributed by atoms with Crippen LogP contribution in [0, 0.1) is 20.8 Å². The van der Waals surface area contributed by atoms with Gasteiger partial charge in [-0.05, 0) is 32.4 Å². The molecule has 0 unspecified atom stereocenters. The molecular weight excluding hydrogens is 324 g/mol. The summed E-state index contributed by atoms with van der Waals surface area (Å²) in [6.07, 6.45) is 3.78.